The number of rotatable bonds is 6. The molecule has 1 aromatic heterocycles. The molecule has 9 heteroatoms. The minimum Gasteiger partial charge on any atom is -0.325 e. The summed E-state index contributed by atoms with van der Waals surface area (Å²) in [5.41, 5.74) is 2.21. The SMILES string of the molecule is CC(C)(C)c1ccc(C(=O)Nc2nnc(SCC(=O)Nc3ccc(F)cc3)s2)cc1. The summed E-state index contributed by atoms with van der Waals surface area (Å²) in [6.45, 7) is 6.34. The predicted octanol–water partition coefficient (Wildman–Crippen LogP) is 4.96. The Morgan fingerprint density at radius 3 is 2.30 bits per heavy atom. The maximum absolute atomic E-state index is 12.9. The zero-order valence-electron chi connectivity index (χ0n) is 16.7. The van der Waals surface area contributed by atoms with Crippen LogP contribution < -0.4 is 10.6 Å². The number of halogens is 1. The molecule has 0 spiro atoms. The lowest BCUT2D eigenvalue weighted by atomic mass is 9.87. The van der Waals surface area contributed by atoms with Gasteiger partial charge in [0.1, 0.15) is 5.82 Å². The maximum atomic E-state index is 12.9. The molecule has 0 bridgehead atoms. The Labute approximate surface area is 182 Å². The van der Waals surface area contributed by atoms with Gasteiger partial charge in [-0.25, -0.2) is 4.39 Å². The molecule has 0 aliphatic rings. The van der Waals surface area contributed by atoms with Crippen molar-refractivity contribution < 1.29 is 14.0 Å². The van der Waals surface area contributed by atoms with Gasteiger partial charge in [-0.1, -0.05) is 56.0 Å². The molecule has 0 saturated heterocycles. The Bertz CT molecular complexity index is 1030. The van der Waals surface area contributed by atoms with Crippen LogP contribution in [0.25, 0.3) is 0 Å². The van der Waals surface area contributed by atoms with Crippen molar-refractivity contribution in [2.75, 3.05) is 16.4 Å². The molecular weight excluding hydrogens is 423 g/mol. The van der Waals surface area contributed by atoms with Crippen LogP contribution in [0.5, 0.6) is 0 Å². The number of carbonyl (C=O) groups is 2. The molecule has 0 atom stereocenters. The summed E-state index contributed by atoms with van der Waals surface area (Å²) < 4.78 is 13.5. The number of thioether (sulfide) groups is 1. The minimum atomic E-state index is -0.365. The number of aromatic nitrogens is 2. The number of nitrogens with one attached hydrogen (secondary N) is 2. The molecule has 6 nitrogen and oxygen atoms in total. The molecule has 1 heterocycles. The van der Waals surface area contributed by atoms with Crippen molar-refractivity contribution in [3.8, 4) is 0 Å². The molecule has 0 aliphatic heterocycles. The summed E-state index contributed by atoms with van der Waals surface area (Å²) in [6, 6.07) is 13.0. The van der Waals surface area contributed by atoms with E-state index in [-0.39, 0.29) is 28.8 Å². The molecule has 0 fully saturated rings. The van der Waals surface area contributed by atoms with Crippen molar-refractivity contribution in [3.05, 3.63) is 65.5 Å². The highest BCUT2D eigenvalue weighted by molar-refractivity contribution is 8.01. The van der Waals surface area contributed by atoms with Gasteiger partial charge >= 0.3 is 0 Å². The van der Waals surface area contributed by atoms with E-state index in [0.29, 0.717) is 20.7 Å². The van der Waals surface area contributed by atoms with E-state index in [2.05, 4.69) is 41.6 Å². The number of anilines is 2. The Hall–Kier alpha value is -2.78. The van der Waals surface area contributed by atoms with Gasteiger partial charge in [-0.15, -0.1) is 10.2 Å². The minimum absolute atomic E-state index is 0.0172. The summed E-state index contributed by atoms with van der Waals surface area (Å²) in [7, 11) is 0. The lowest BCUT2D eigenvalue weighted by molar-refractivity contribution is -0.113. The van der Waals surface area contributed by atoms with Crippen LogP contribution in [0, 0.1) is 5.82 Å². The van der Waals surface area contributed by atoms with Gasteiger partial charge < -0.3 is 5.32 Å². The molecule has 3 rings (SSSR count). The van der Waals surface area contributed by atoms with Gasteiger partial charge in [0.2, 0.25) is 11.0 Å². The monoisotopic (exact) mass is 444 g/mol. The van der Waals surface area contributed by atoms with E-state index in [9.17, 15) is 14.0 Å². The first kappa shape index (κ1) is 21.9. The van der Waals surface area contributed by atoms with Crippen molar-refractivity contribution >= 4 is 45.7 Å². The Balaban J connectivity index is 1.51. The van der Waals surface area contributed by atoms with Gasteiger partial charge in [-0.2, -0.15) is 0 Å². The molecule has 0 aliphatic carbocycles. The summed E-state index contributed by atoms with van der Waals surface area (Å²) in [5.74, 6) is -0.756. The molecule has 156 valence electrons. The van der Waals surface area contributed by atoms with Gasteiger partial charge in [0.15, 0.2) is 4.34 Å². The Kier molecular flexibility index (Phi) is 6.84. The summed E-state index contributed by atoms with van der Waals surface area (Å²) >= 11 is 2.40. The van der Waals surface area contributed by atoms with E-state index >= 15 is 0 Å². The van der Waals surface area contributed by atoms with Crippen LogP contribution in [0.15, 0.2) is 52.9 Å². The fourth-order valence-electron chi connectivity index (χ4n) is 2.47. The second kappa shape index (κ2) is 9.36. The van der Waals surface area contributed by atoms with E-state index < -0.39 is 0 Å². The van der Waals surface area contributed by atoms with Crippen LogP contribution in [0.2, 0.25) is 0 Å². The molecule has 3 aromatic rings. The van der Waals surface area contributed by atoms with Crippen molar-refractivity contribution in [1.29, 1.82) is 0 Å². The maximum Gasteiger partial charge on any atom is 0.257 e. The Morgan fingerprint density at radius 1 is 1.00 bits per heavy atom. The quantitative estimate of drug-likeness (QED) is 0.415. The average Bonchev–Trinajstić information content (AvgIpc) is 3.15. The zero-order chi connectivity index (χ0) is 21.7. The van der Waals surface area contributed by atoms with E-state index in [1.54, 1.807) is 12.1 Å². The number of hydrogen-bond donors (Lipinski definition) is 2. The molecule has 30 heavy (non-hydrogen) atoms. The molecule has 0 saturated carbocycles. The largest absolute Gasteiger partial charge is 0.325 e. The fourth-order valence-corrected chi connectivity index (χ4v) is 4.01. The third kappa shape index (κ3) is 6.11. The predicted molar refractivity (Wildman–Crippen MR) is 119 cm³/mol. The molecular formula is C21H21FN4O2S2. The van der Waals surface area contributed by atoms with Crippen molar-refractivity contribution in [2.24, 2.45) is 0 Å². The van der Waals surface area contributed by atoms with Gasteiger partial charge in [0.05, 0.1) is 5.75 Å². The van der Waals surface area contributed by atoms with Gasteiger partial charge in [-0.05, 0) is 47.4 Å². The number of amides is 2. The summed E-state index contributed by atoms with van der Waals surface area (Å²) in [6.07, 6.45) is 0. The van der Waals surface area contributed by atoms with Crippen molar-refractivity contribution in [3.63, 3.8) is 0 Å². The molecule has 0 radical (unpaired) electrons. The topological polar surface area (TPSA) is 84.0 Å². The summed E-state index contributed by atoms with van der Waals surface area (Å²) in [5, 5.41) is 13.7. The number of nitrogens with zero attached hydrogens (tertiary/aromatic N) is 2. The van der Waals surface area contributed by atoms with Gasteiger partial charge in [0, 0.05) is 11.3 Å². The van der Waals surface area contributed by atoms with E-state index in [1.807, 2.05) is 12.1 Å². The summed E-state index contributed by atoms with van der Waals surface area (Å²) in [4.78, 5) is 24.4. The number of benzene rings is 2. The highest BCUT2D eigenvalue weighted by Gasteiger charge is 2.15. The van der Waals surface area contributed by atoms with Crippen LogP contribution in [-0.2, 0) is 10.2 Å². The molecule has 2 N–H and O–H groups in total. The zero-order valence-corrected chi connectivity index (χ0v) is 18.4. The van der Waals surface area contributed by atoms with Gasteiger partial charge in [0.25, 0.3) is 5.91 Å². The first-order valence-corrected chi connectivity index (χ1v) is 10.9. The van der Waals surface area contributed by atoms with Crippen molar-refractivity contribution in [1.82, 2.24) is 10.2 Å². The molecule has 2 amide bonds. The fraction of sp³-hybridized carbons (Fsp3) is 0.238. The lowest BCUT2D eigenvalue weighted by Gasteiger charge is -2.18. The van der Waals surface area contributed by atoms with E-state index in [1.165, 1.54) is 47.4 Å². The molecule has 2 aromatic carbocycles. The second-order valence-electron chi connectivity index (χ2n) is 7.50. The normalized spacial score (nSPS) is 11.2. The number of carbonyl (C=O) groups excluding carboxylic acids is 2. The second-order valence-corrected chi connectivity index (χ2v) is 9.70. The van der Waals surface area contributed by atoms with Crippen LogP contribution in [0.4, 0.5) is 15.2 Å². The molecule has 0 unspecified atom stereocenters. The van der Waals surface area contributed by atoms with Crippen LogP contribution in [0.1, 0.15) is 36.7 Å². The average molecular weight is 445 g/mol. The lowest BCUT2D eigenvalue weighted by Crippen LogP contribution is -2.14. The van der Waals surface area contributed by atoms with Crippen molar-refractivity contribution in [2.45, 2.75) is 30.5 Å². The third-order valence-electron chi connectivity index (χ3n) is 4.09. The standard InChI is InChI=1S/C21H21FN4O2S2/c1-21(2,3)14-6-4-13(5-7-14)18(28)24-19-25-26-20(30-19)29-12-17(27)23-16-10-8-15(22)9-11-16/h4-11H,12H2,1-3H3,(H,23,27)(H,24,25,28). The van der Waals surface area contributed by atoms with Crippen LogP contribution in [0.3, 0.4) is 0 Å². The smallest absolute Gasteiger partial charge is 0.257 e. The third-order valence-corrected chi connectivity index (χ3v) is 6.07. The van der Waals surface area contributed by atoms with E-state index in [4.69, 9.17) is 0 Å². The van der Waals surface area contributed by atoms with Crippen LogP contribution >= 0.6 is 23.1 Å². The highest BCUT2D eigenvalue weighted by Crippen LogP contribution is 2.26. The van der Waals surface area contributed by atoms with Crippen LogP contribution in [-0.4, -0.2) is 27.8 Å². The highest BCUT2D eigenvalue weighted by atomic mass is 32.2. The first-order valence-electron chi connectivity index (χ1n) is 9.14. The first-order chi connectivity index (χ1) is 14.2. The van der Waals surface area contributed by atoms with Gasteiger partial charge in [-0.3, -0.25) is 14.9 Å². The number of hydrogen-bond acceptors (Lipinski definition) is 6. The van der Waals surface area contributed by atoms with E-state index in [0.717, 1.165) is 5.56 Å². The Morgan fingerprint density at radius 2 is 1.67 bits per heavy atom.